The van der Waals surface area contributed by atoms with Crippen LogP contribution in [0.2, 0.25) is 0 Å². The van der Waals surface area contributed by atoms with Gasteiger partial charge in [-0.25, -0.2) is 4.98 Å². The van der Waals surface area contributed by atoms with Crippen LogP contribution in [0.5, 0.6) is 0 Å². The minimum atomic E-state index is 1.04. The predicted octanol–water partition coefficient (Wildman–Crippen LogP) is 6.76. The van der Waals surface area contributed by atoms with Crippen molar-refractivity contribution in [3.8, 4) is 0 Å². The van der Waals surface area contributed by atoms with Crippen LogP contribution in [-0.4, -0.2) is 9.55 Å². The van der Waals surface area contributed by atoms with Gasteiger partial charge in [0.05, 0.1) is 5.69 Å². The number of aryl methyl sites for hydroxylation is 4. The first-order chi connectivity index (χ1) is 12.8. The molecule has 0 aliphatic heterocycles. The Bertz CT molecular complexity index is 586. The van der Waals surface area contributed by atoms with Gasteiger partial charge in [-0.3, -0.25) is 0 Å². The van der Waals surface area contributed by atoms with E-state index in [0.717, 1.165) is 25.8 Å². The van der Waals surface area contributed by atoms with E-state index in [-0.39, 0.29) is 0 Å². The summed E-state index contributed by atoms with van der Waals surface area (Å²) in [5, 5.41) is 0. The van der Waals surface area contributed by atoms with Crippen molar-refractivity contribution in [2.24, 2.45) is 0 Å². The lowest BCUT2D eigenvalue weighted by molar-refractivity contribution is 0.565. The monoisotopic (exact) mass is 354 g/mol. The average Bonchev–Trinajstić information content (AvgIpc) is 3.07. The maximum absolute atomic E-state index is 4.93. The second-order valence-electron chi connectivity index (χ2n) is 7.50. The fraction of sp³-hybridized carbons (Fsp3) is 0.625. The lowest BCUT2D eigenvalue weighted by Gasteiger charge is -2.04. The summed E-state index contributed by atoms with van der Waals surface area (Å²) in [5.41, 5.74) is 2.71. The molecule has 1 aromatic heterocycles. The van der Waals surface area contributed by atoms with Crippen LogP contribution in [0.15, 0.2) is 36.5 Å². The molecule has 144 valence electrons. The number of aromatic nitrogens is 2. The molecule has 2 rings (SSSR count). The summed E-state index contributed by atoms with van der Waals surface area (Å²) in [6.07, 6.45) is 17.9. The molecule has 26 heavy (non-hydrogen) atoms. The summed E-state index contributed by atoms with van der Waals surface area (Å²) in [7, 11) is 0. The molecule has 2 aromatic rings. The molecule has 0 atom stereocenters. The van der Waals surface area contributed by atoms with E-state index in [9.17, 15) is 0 Å². The third kappa shape index (κ3) is 7.76. The minimum Gasteiger partial charge on any atom is -0.335 e. The molecule has 2 nitrogen and oxygen atoms in total. The number of nitrogens with zero attached hydrogens (tertiary/aromatic N) is 2. The van der Waals surface area contributed by atoms with Gasteiger partial charge >= 0.3 is 0 Å². The van der Waals surface area contributed by atoms with Crippen LogP contribution in [0.1, 0.15) is 88.7 Å². The number of imidazole rings is 1. The largest absolute Gasteiger partial charge is 0.335 e. The van der Waals surface area contributed by atoms with Crippen molar-refractivity contribution in [2.45, 2.75) is 97.4 Å². The van der Waals surface area contributed by atoms with Crippen molar-refractivity contribution >= 4 is 0 Å². The molecule has 0 radical (unpaired) electrons. The zero-order valence-corrected chi connectivity index (χ0v) is 17.1. The maximum atomic E-state index is 4.93. The standard InChI is InChI=1S/C24H38N2/c1-3-5-6-7-8-9-10-14-20-24-25-23(21-26(24)4-2)19-15-18-22-16-12-11-13-17-22/h11-13,16-17,21H,3-10,14-15,18-20H2,1-2H3. The number of benzene rings is 1. The van der Waals surface area contributed by atoms with E-state index in [0.29, 0.717) is 0 Å². The van der Waals surface area contributed by atoms with Crippen LogP contribution < -0.4 is 0 Å². The number of rotatable bonds is 14. The molecule has 0 saturated heterocycles. The highest BCUT2D eigenvalue weighted by Gasteiger charge is 2.07. The Labute approximate surface area is 161 Å². The molecule has 0 aliphatic carbocycles. The lowest BCUT2D eigenvalue weighted by atomic mass is 10.1. The molecular weight excluding hydrogens is 316 g/mol. The first-order valence-corrected chi connectivity index (χ1v) is 10.9. The van der Waals surface area contributed by atoms with E-state index in [1.54, 1.807) is 0 Å². The smallest absolute Gasteiger partial charge is 0.108 e. The topological polar surface area (TPSA) is 17.8 Å². The van der Waals surface area contributed by atoms with E-state index in [2.05, 4.69) is 54.9 Å². The predicted molar refractivity (Wildman–Crippen MR) is 113 cm³/mol. The van der Waals surface area contributed by atoms with Crippen LogP contribution in [0, 0.1) is 0 Å². The van der Waals surface area contributed by atoms with E-state index in [4.69, 9.17) is 4.98 Å². The molecule has 0 bridgehead atoms. The third-order valence-corrected chi connectivity index (χ3v) is 5.24. The molecule has 0 N–H and O–H groups in total. The van der Waals surface area contributed by atoms with Gasteiger partial charge in [-0.05, 0) is 38.2 Å². The van der Waals surface area contributed by atoms with Crippen molar-refractivity contribution in [2.75, 3.05) is 0 Å². The highest BCUT2D eigenvalue weighted by atomic mass is 15.1. The van der Waals surface area contributed by atoms with Crippen LogP contribution in [0.4, 0.5) is 0 Å². The molecule has 0 saturated carbocycles. The zero-order chi connectivity index (χ0) is 18.5. The fourth-order valence-corrected chi connectivity index (χ4v) is 3.64. The highest BCUT2D eigenvalue weighted by Crippen LogP contribution is 2.13. The van der Waals surface area contributed by atoms with Crippen LogP contribution in [0.25, 0.3) is 0 Å². The minimum absolute atomic E-state index is 1.04. The Morgan fingerprint density at radius 2 is 1.42 bits per heavy atom. The summed E-state index contributed by atoms with van der Waals surface area (Å²) >= 11 is 0. The van der Waals surface area contributed by atoms with Gasteiger partial charge in [0.15, 0.2) is 0 Å². The van der Waals surface area contributed by atoms with E-state index >= 15 is 0 Å². The number of hydrogen-bond acceptors (Lipinski definition) is 1. The molecule has 0 amide bonds. The first kappa shape index (κ1) is 20.7. The van der Waals surface area contributed by atoms with Crippen molar-refractivity contribution in [3.63, 3.8) is 0 Å². The Hall–Kier alpha value is -1.57. The molecule has 0 fully saturated rings. The fourth-order valence-electron chi connectivity index (χ4n) is 3.64. The lowest BCUT2D eigenvalue weighted by Crippen LogP contribution is -2.00. The van der Waals surface area contributed by atoms with Gasteiger partial charge < -0.3 is 4.57 Å². The van der Waals surface area contributed by atoms with Crippen molar-refractivity contribution in [1.82, 2.24) is 9.55 Å². The first-order valence-electron chi connectivity index (χ1n) is 10.9. The summed E-state index contributed by atoms with van der Waals surface area (Å²) in [4.78, 5) is 4.93. The molecule has 1 heterocycles. The van der Waals surface area contributed by atoms with E-state index in [1.807, 2.05) is 0 Å². The Balaban J connectivity index is 1.67. The average molecular weight is 355 g/mol. The van der Waals surface area contributed by atoms with Gasteiger partial charge in [0.1, 0.15) is 5.82 Å². The molecule has 0 spiro atoms. The van der Waals surface area contributed by atoms with Gasteiger partial charge in [0.25, 0.3) is 0 Å². The Morgan fingerprint density at radius 3 is 2.12 bits per heavy atom. The SMILES string of the molecule is CCCCCCCCCCc1nc(CCCc2ccccc2)cn1CC. The number of unbranched alkanes of at least 4 members (excludes halogenated alkanes) is 7. The summed E-state index contributed by atoms with van der Waals surface area (Å²) < 4.78 is 2.36. The Kier molecular flexibility index (Phi) is 10.2. The van der Waals surface area contributed by atoms with Gasteiger partial charge in [0, 0.05) is 19.2 Å². The molecular formula is C24H38N2. The van der Waals surface area contributed by atoms with Gasteiger partial charge in [-0.2, -0.15) is 0 Å². The molecule has 0 unspecified atom stereocenters. The highest BCUT2D eigenvalue weighted by molar-refractivity contribution is 5.15. The summed E-state index contributed by atoms with van der Waals surface area (Å²) in [5.74, 6) is 1.30. The van der Waals surface area contributed by atoms with Gasteiger partial charge in [-0.15, -0.1) is 0 Å². The second-order valence-corrected chi connectivity index (χ2v) is 7.50. The zero-order valence-electron chi connectivity index (χ0n) is 17.1. The Morgan fingerprint density at radius 1 is 0.731 bits per heavy atom. The van der Waals surface area contributed by atoms with Crippen LogP contribution in [0.3, 0.4) is 0 Å². The van der Waals surface area contributed by atoms with Crippen molar-refractivity contribution < 1.29 is 0 Å². The van der Waals surface area contributed by atoms with Gasteiger partial charge in [0.2, 0.25) is 0 Å². The molecule has 0 aliphatic rings. The second kappa shape index (κ2) is 12.7. The van der Waals surface area contributed by atoms with E-state index < -0.39 is 0 Å². The van der Waals surface area contributed by atoms with Crippen LogP contribution >= 0.6 is 0 Å². The van der Waals surface area contributed by atoms with Crippen molar-refractivity contribution in [1.29, 1.82) is 0 Å². The van der Waals surface area contributed by atoms with E-state index in [1.165, 1.54) is 74.9 Å². The van der Waals surface area contributed by atoms with Crippen LogP contribution in [-0.2, 0) is 25.8 Å². The number of hydrogen-bond donors (Lipinski definition) is 0. The molecule has 1 aromatic carbocycles. The third-order valence-electron chi connectivity index (χ3n) is 5.24. The van der Waals surface area contributed by atoms with Crippen molar-refractivity contribution in [3.05, 3.63) is 53.6 Å². The summed E-state index contributed by atoms with van der Waals surface area (Å²) in [6, 6.07) is 10.8. The molecule has 2 heteroatoms. The maximum Gasteiger partial charge on any atom is 0.108 e. The quantitative estimate of drug-likeness (QED) is 0.343. The van der Waals surface area contributed by atoms with Gasteiger partial charge in [-0.1, -0.05) is 82.2 Å². The normalized spacial score (nSPS) is 11.2. The summed E-state index contributed by atoms with van der Waals surface area (Å²) in [6.45, 7) is 5.55.